The number of thiophene rings is 1. The molecule has 1 amide bonds. The highest BCUT2D eigenvalue weighted by Crippen LogP contribution is 2.32. The quantitative estimate of drug-likeness (QED) is 0.437. The summed E-state index contributed by atoms with van der Waals surface area (Å²) in [5.74, 6) is 0.806. The lowest BCUT2D eigenvalue weighted by Crippen LogP contribution is -2.37. The van der Waals surface area contributed by atoms with Gasteiger partial charge < -0.3 is 9.32 Å². The van der Waals surface area contributed by atoms with Gasteiger partial charge in [0.2, 0.25) is 0 Å². The van der Waals surface area contributed by atoms with E-state index in [0.29, 0.717) is 18.0 Å². The van der Waals surface area contributed by atoms with Gasteiger partial charge in [0, 0.05) is 23.9 Å². The van der Waals surface area contributed by atoms with E-state index in [4.69, 9.17) is 4.42 Å². The van der Waals surface area contributed by atoms with E-state index >= 15 is 0 Å². The van der Waals surface area contributed by atoms with Crippen LogP contribution in [0.25, 0.3) is 21.5 Å². The Morgan fingerprint density at radius 3 is 2.55 bits per heavy atom. The number of rotatable bonds is 3. The van der Waals surface area contributed by atoms with Crippen molar-refractivity contribution in [2.24, 2.45) is 0 Å². The van der Waals surface area contributed by atoms with Gasteiger partial charge in [0.15, 0.2) is 11.5 Å². The Kier molecular flexibility index (Phi) is 4.64. The molecule has 4 aromatic rings. The molecular weight excluding hydrogens is 387 g/mol. The average Bonchev–Trinajstić information content (AvgIpc) is 3.41. The molecule has 4 nitrogen and oxygen atoms in total. The molecule has 29 heavy (non-hydrogen) atoms. The van der Waals surface area contributed by atoms with Crippen LogP contribution in [-0.2, 0) is 0 Å². The van der Waals surface area contributed by atoms with Gasteiger partial charge in [-0.3, -0.25) is 4.79 Å². The molecule has 0 atom stereocenters. The van der Waals surface area contributed by atoms with Gasteiger partial charge in [-0.15, -0.1) is 11.3 Å². The molecule has 0 unspecified atom stereocenters. The molecule has 1 aliphatic heterocycles. The zero-order valence-corrected chi connectivity index (χ0v) is 16.5. The Balaban J connectivity index is 1.26. The van der Waals surface area contributed by atoms with Crippen LogP contribution in [0.1, 0.15) is 34.3 Å². The standard InChI is InChI=1S/C23H19FN2O2S/c24-17-7-5-15(6-8-17)20-9-10-21(29-20)23(27)26-13-11-16(12-14-26)22-25-18-3-1-2-4-19(18)28-22/h1-10,16H,11-14H2. The van der Waals surface area contributed by atoms with Gasteiger partial charge in [-0.25, -0.2) is 9.37 Å². The summed E-state index contributed by atoms with van der Waals surface area (Å²) in [7, 11) is 0. The van der Waals surface area contributed by atoms with E-state index in [1.807, 2.05) is 41.3 Å². The zero-order chi connectivity index (χ0) is 19.8. The molecule has 1 fully saturated rings. The largest absolute Gasteiger partial charge is 0.440 e. The molecule has 1 aliphatic rings. The van der Waals surface area contributed by atoms with Crippen molar-refractivity contribution >= 4 is 28.3 Å². The summed E-state index contributed by atoms with van der Waals surface area (Å²) in [5.41, 5.74) is 2.62. The van der Waals surface area contributed by atoms with Gasteiger partial charge >= 0.3 is 0 Å². The lowest BCUT2D eigenvalue weighted by Gasteiger charge is -2.30. The van der Waals surface area contributed by atoms with Gasteiger partial charge in [0.1, 0.15) is 11.3 Å². The van der Waals surface area contributed by atoms with Crippen molar-refractivity contribution in [3.05, 3.63) is 77.2 Å². The van der Waals surface area contributed by atoms with Gasteiger partial charge in [0.25, 0.3) is 5.91 Å². The van der Waals surface area contributed by atoms with Crippen LogP contribution in [0.15, 0.2) is 65.1 Å². The maximum Gasteiger partial charge on any atom is 0.263 e. The first kappa shape index (κ1) is 18.1. The second-order valence-electron chi connectivity index (χ2n) is 7.26. The van der Waals surface area contributed by atoms with E-state index < -0.39 is 0 Å². The molecule has 2 aromatic carbocycles. The first-order chi connectivity index (χ1) is 14.2. The van der Waals surface area contributed by atoms with Crippen LogP contribution in [0.5, 0.6) is 0 Å². The number of amides is 1. The molecule has 0 saturated carbocycles. The summed E-state index contributed by atoms with van der Waals surface area (Å²) in [4.78, 5) is 21.1. The number of benzene rings is 2. The van der Waals surface area contributed by atoms with E-state index in [-0.39, 0.29) is 17.6 Å². The van der Waals surface area contributed by atoms with Crippen LogP contribution in [0, 0.1) is 5.82 Å². The molecule has 146 valence electrons. The van der Waals surface area contributed by atoms with Crippen LogP contribution in [0.3, 0.4) is 0 Å². The molecule has 3 heterocycles. The third-order valence-electron chi connectivity index (χ3n) is 5.39. The summed E-state index contributed by atoms with van der Waals surface area (Å²) in [6.07, 6.45) is 1.68. The Morgan fingerprint density at radius 2 is 1.79 bits per heavy atom. The molecule has 1 saturated heterocycles. The SMILES string of the molecule is O=C(c1ccc(-c2ccc(F)cc2)s1)N1CCC(c2nc3ccccc3o2)CC1. The van der Waals surface area contributed by atoms with Crippen molar-refractivity contribution in [3.63, 3.8) is 0 Å². The highest BCUT2D eigenvalue weighted by Gasteiger charge is 2.28. The lowest BCUT2D eigenvalue weighted by molar-refractivity contribution is 0.0711. The van der Waals surface area contributed by atoms with Gasteiger partial charge in [-0.05, 0) is 54.8 Å². The van der Waals surface area contributed by atoms with E-state index in [2.05, 4.69) is 4.98 Å². The van der Waals surface area contributed by atoms with Crippen LogP contribution >= 0.6 is 11.3 Å². The number of fused-ring (bicyclic) bond motifs is 1. The van der Waals surface area contributed by atoms with Gasteiger partial charge in [-0.2, -0.15) is 0 Å². The van der Waals surface area contributed by atoms with Crippen molar-refractivity contribution < 1.29 is 13.6 Å². The number of para-hydroxylation sites is 2. The smallest absolute Gasteiger partial charge is 0.263 e. The van der Waals surface area contributed by atoms with Crippen LogP contribution in [0.4, 0.5) is 4.39 Å². The average molecular weight is 406 g/mol. The summed E-state index contributed by atoms with van der Waals surface area (Å²) in [6, 6.07) is 17.9. The summed E-state index contributed by atoms with van der Waals surface area (Å²) in [6.45, 7) is 1.37. The first-order valence-electron chi connectivity index (χ1n) is 9.68. The number of carbonyl (C=O) groups excluding carboxylic acids is 1. The molecular formula is C23H19FN2O2S. The predicted octanol–water partition coefficient (Wildman–Crippen LogP) is 5.72. The first-order valence-corrected chi connectivity index (χ1v) is 10.5. The third-order valence-corrected chi connectivity index (χ3v) is 6.51. The van der Waals surface area contributed by atoms with E-state index in [1.165, 1.54) is 23.5 Å². The number of hydrogen-bond donors (Lipinski definition) is 0. The van der Waals surface area contributed by atoms with Crippen molar-refractivity contribution in [3.8, 4) is 10.4 Å². The third kappa shape index (κ3) is 3.56. The molecule has 0 bridgehead atoms. The summed E-state index contributed by atoms with van der Waals surface area (Å²) >= 11 is 1.45. The molecule has 5 rings (SSSR count). The van der Waals surface area contributed by atoms with Crippen molar-refractivity contribution in [2.45, 2.75) is 18.8 Å². The fourth-order valence-corrected chi connectivity index (χ4v) is 4.75. The number of carbonyl (C=O) groups is 1. The van der Waals surface area contributed by atoms with Crippen LogP contribution < -0.4 is 0 Å². The topological polar surface area (TPSA) is 46.3 Å². The molecule has 0 spiro atoms. The zero-order valence-electron chi connectivity index (χ0n) is 15.7. The number of aromatic nitrogens is 1. The Morgan fingerprint density at radius 1 is 1.03 bits per heavy atom. The molecule has 6 heteroatoms. The molecule has 0 N–H and O–H groups in total. The number of oxazole rings is 1. The lowest BCUT2D eigenvalue weighted by atomic mass is 9.96. The minimum absolute atomic E-state index is 0.0550. The number of halogens is 1. The fraction of sp³-hybridized carbons (Fsp3) is 0.217. The van der Waals surface area contributed by atoms with E-state index in [1.54, 1.807) is 12.1 Å². The molecule has 0 aliphatic carbocycles. The van der Waals surface area contributed by atoms with E-state index in [0.717, 1.165) is 40.3 Å². The summed E-state index contributed by atoms with van der Waals surface area (Å²) in [5, 5.41) is 0. The minimum Gasteiger partial charge on any atom is -0.440 e. The Bertz CT molecular complexity index is 1120. The molecule has 0 radical (unpaired) electrons. The Labute approximate surface area is 171 Å². The maximum atomic E-state index is 13.1. The van der Waals surface area contributed by atoms with Gasteiger partial charge in [0.05, 0.1) is 4.88 Å². The highest BCUT2D eigenvalue weighted by molar-refractivity contribution is 7.17. The normalized spacial score (nSPS) is 15.1. The predicted molar refractivity (Wildman–Crippen MR) is 112 cm³/mol. The van der Waals surface area contributed by atoms with Crippen LogP contribution in [0.2, 0.25) is 0 Å². The number of nitrogens with zero attached hydrogens (tertiary/aromatic N) is 2. The maximum absolute atomic E-state index is 13.1. The summed E-state index contributed by atoms with van der Waals surface area (Å²) < 4.78 is 19.0. The number of likely N-dealkylation sites (tertiary alicyclic amines) is 1. The van der Waals surface area contributed by atoms with Crippen molar-refractivity contribution in [1.82, 2.24) is 9.88 Å². The minimum atomic E-state index is -0.261. The van der Waals surface area contributed by atoms with E-state index in [9.17, 15) is 9.18 Å². The van der Waals surface area contributed by atoms with Crippen molar-refractivity contribution in [2.75, 3.05) is 13.1 Å². The number of hydrogen-bond acceptors (Lipinski definition) is 4. The second kappa shape index (κ2) is 7.44. The van der Waals surface area contributed by atoms with Gasteiger partial charge in [-0.1, -0.05) is 24.3 Å². The highest BCUT2D eigenvalue weighted by atomic mass is 32.1. The second-order valence-corrected chi connectivity index (χ2v) is 8.34. The van der Waals surface area contributed by atoms with Crippen LogP contribution in [-0.4, -0.2) is 28.9 Å². The fourth-order valence-electron chi connectivity index (χ4n) is 3.77. The monoisotopic (exact) mass is 406 g/mol. The van der Waals surface area contributed by atoms with Crippen molar-refractivity contribution in [1.29, 1.82) is 0 Å². The Hall–Kier alpha value is -2.99. The number of piperidine rings is 1. The molecule has 2 aromatic heterocycles.